The molecule has 0 rings (SSSR count). The lowest BCUT2D eigenvalue weighted by atomic mass is 10.2. The molecule has 0 aromatic rings. The Morgan fingerprint density at radius 1 is 1.50 bits per heavy atom. The summed E-state index contributed by atoms with van der Waals surface area (Å²) in [6.07, 6.45) is 1.78. The van der Waals surface area contributed by atoms with E-state index in [1.165, 1.54) is 12.2 Å². The molecule has 0 bridgehead atoms. The highest BCUT2D eigenvalue weighted by atomic mass is 32.2. The predicted molar refractivity (Wildman–Crippen MR) is 56.5 cm³/mol. The summed E-state index contributed by atoms with van der Waals surface area (Å²) in [5.41, 5.74) is 5.28. The molecule has 0 heterocycles. The smallest absolute Gasteiger partial charge is 0.0670 e. The van der Waals surface area contributed by atoms with E-state index in [4.69, 9.17) is 10.8 Å². The van der Waals surface area contributed by atoms with Crippen molar-refractivity contribution >= 4 is 11.8 Å². The molecule has 74 valence electrons. The molecule has 12 heavy (non-hydrogen) atoms. The van der Waals surface area contributed by atoms with Crippen LogP contribution in [0.3, 0.4) is 0 Å². The second kappa shape index (κ2) is 7.90. The van der Waals surface area contributed by atoms with E-state index >= 15 is 0 Å². The average molecular weight is 191 g/mol. The molecule has 0 spiro atoms. The van der Waals surface area contributed by atoms with E-state index in [9.17, 15) is 0 Å². The summed E-state index contributed by atoms with van der Waals surface area (Å²) in [5.74, 6) is 3.03. The number of hydrogen-bond acceptors (Lipinski definition) is 3. The first kappa shape index (κ1) is 12.3. The van der Waals surface area contributed by atoms with Gasteiger partial charge < -0.3 is 10.8 Å². The molecule has 0 aromatic carbocycles. The van der Waals surface area contributed by atoms with Gasteiger partial charge in [-0.1, -0.05) is 20.3 Å². The average Bonchev–Trinajstić information content (AvgIpc) is 2.11. The van der Waals surface area contributed by atoms with E-state index < -0.39 is 0 Å². The maximum absolute atomic E-state index is 9.14. The molecule has 0 amide bonds. The fourth-order valence-electron chi connectivity index (χ4n) is 0.740. The molecule has 0 aliphatic rings. The summed E-state index contributed by atoms with van der Waals surface area (Å²) in [4.78, 5) is 0. The quantitative estimate of drug-likeness (QED) is 0.599. The normalized spacial score (nSPS) is 16.0. The van der Waals surface area contributed by atoms with Gasteiger partial charge in [-0.3, -0.25) is 0 Å². The van der Waals surface area contributed by atoms with E-state index in [0.29, 0.717) is 6.54 Å². The summed E-state index contributed by atoms with van der Waals surface area (Å²) in [6.45, 7) is 4.86. The second-order valence-corrected chi connectivity index (χ2v) is 4.42. The summed E-state index contributed by atoms with van der Waals surface area (Å²) in [5, 5.41) is 9.14. The van der Waals surface area contributed by atoms with Gasteiger partial charge in [-0.15, -0.1) is 0 Å². The minimum absolute atomic E-state index is 0.297. The first-order valence-electron chi connectivity index (χ1n) is 4.66. The van der Waals surface area contributed by atoms with Crippen LogP contribution >= 0.6 is 11.8 Å². The predicted octanol–water partition coefficient (Wildman–Crippen LogP) is 1.48. The van der Waals surface area contributed by atoms with Crippen LogP contribution in [0.25, 0.3) is 0 Å². The van der Waals surface area contributed by atoms with Crippen molar-refractivity contribution in [1.29, 1.82) is 0 Å². The third-order valence-electron chi connectivity index (χ3n) is 1.97. The monoisotopic (exact) mass is 191 g/mol. The number of aliphatic hydroxyl groups is 1. The summed E-state index contributed by atoms with van der Waals surface area (Å²) in [7, 11) is 0. The molecular formula is C9H21NOS. The van der Waals surface area contributed by atoms with Gasteiger partial charge in [0.05, 0.1) is 6.10 Å². The number of nitrogens with two attached hydrogens (primary N) is 1. The molecule has 3 N–H and O–H groups in total. The fourth-order valence-corrected chi connectivity index (χ4v) is 1.98. The van der Waals surface area contributed by atoms with Crippen LogP contribution in [0, 0.1) is 5.92 Å². The second-order valence-electron chi connectivity index (χ2n) is 3.27. The lowest BCUT2D eigenvalue weighted by Gasteiger charge is -2.09. The van der Waals surface area contributed by atoms with E-state index in [1.807, 2.05) is 11.8 Å². The Morgan fingerprint density at radius 2 is 2.17 bits per heavy atom. The van der Waals surface area contributed by atoms with Crippen LogP contribution in [0.1, 0.15) is 26.7 Å². The van der Waals surface area contributed by atoms with Gasteiger partial charge in [0.1, 0.15) is 0 Å². The van der Waals surface area contributed by atoms with Crippen LogP contribution < -0.4 is 5.73 Å². The molecule has 0 aliphatic carbocycles. The van der Waals surface area contributed by atoms with Crippen LogP contribution in [0.2, 0.25) is 0 Å². The highest BCUT2D eigenvalue weighted by Gasteiger charge is 2.02. The molecule has 0 radical (unpaired) electrons. The maximum Gasteiger partial charge on any atom is 0.0670 e. The first-order valence-corrected chi connectivity index (χ1v) is 5.82. The van der Waals surface area contributed by atoms with Crippen molar-refractivity contribution in [1.82, 2.24) is 0 Å². The van der Waals surface area contributed by atoms with Crippen molar-refractivity contribution < 1.29 is 5.11 Å². The number of thioether (sulfide) groups is 1. The largest absolute Gasteiger partial charge is 0.392 e. The SMILES string of the molecule is CCC(C)CSCCC(O)CN. The summed E-state index contributed by atoms with van der Waals surface area (Å²) < 4.78 is 0. The zero-order valence-electron chi connectivity index (χ0n) is 8.12. The minimum Gasteiger partial charge on any atom is -0.392 e. The lowest BCUT2D eigenvalue weighted by molar-refractivity contribution is 0.180. The maximum atomic E-state index is 9.14. The van der Waals surface area contributed by atoms with Crippen LogP contribution in [-0.2, 0) is 0 Å². The third-order valence-corrected chi connectivity index (χ3v) is 3.30. The standard InChI is InChI=1S/C9H21NOS/c1-3-8(2)7-12-5-4-9(11)6-10/h8-9,11H,3-7,10H2,1-2H3. The van der Waals surface area contributed by atoms with Crippen LogP contribution in [0.15, 0.2) is 0 Å². The zero-order valence-corrected chi connectivity index (χ0v) is 8.94. The van der Waals surface area contributed by atoms with Gasteiger partial charge in [-0.25, -0.2) is 0 Å². The topological polar surface area (TPSA) is 46.2 Å². The molecule has 2 nitrogen and oxygen atoms in total. The molecule has 0 aliphatic heterocycles. The first-order chi connectivity index (χ1) is 5.70. The highest BCUT2D eigenvalue weighted by Crippen LogP contribution is 2.12. The van der Waals surface area contributed by atoms with Crippen molar-refractivity contribution in [2.75, 3.05) is 18.1 Å². The molecule has 3 heteroatoms. The Hall–Kier alpha value is 0.270. The van der Waals surface area contributed by atoms with Crippen LogP contribution in [0.5, 0.6) is 0 Å². The van der Waals surface area contributed by atoms with Gasteiger partial charge in [-0.05, 0) is 23.8 Å². The summed E-state index contributed by atoms with van der Waals surface area (Å²) in [6, 6.07) is 0. The Bertz CT molecular complexity index is 88.5. The van der Waals surface area contributed by atoms with Crippen molar-refractivity contribution in [3.63, 3.8) is 0 Å². The van der Waals surface area contributed by atoms with Crippen molar-refractivity contribution in [3.05, 3.63) is 0 Å². The van der Waals surface area contributed by atoms with Gasteiger partial charge in [-0.2, -0.15) is 11.8 Å². The van der Waals surface area contributed by atoms with Crippen LogP contribution in [-0.4, -0.2) is 29.3 Å². The molecule has 2 unspecified atom stereocenters. The Kier molecular flexibility index (Phi) is 8.07. The molecular weight excluding hydrogens is 170 g/mol. The van der Waals surface area contributed by atoms with E-state index in [-0.39, 0.29) is 6.10 Å². The van der Waals surface area contributed by atoms with Crippen molar-refractivity contribution in [2.45, 2.75) is 32.8 Å². The minimum atomic E-state index is -0.297. The fraction of sp³-hybridized carbons (Fsp3) is 1.00. The Labute approximate surface area is 79.9 Å². The Balaban J connectivity index is 3.10. The van der Waals surface area contributed by atoms with E-state index in [0.717, 1.165) is 18.1 Å². The number of rotatable bonds is 7. The van der Waals surface area contributed by atoms with E-state index in [1.54, 1.807) is 0 Å². The van der Waals surface area contributed by atoms with Gasteiger partial charge in [0.15, 0.2) is 0 Å². The van der Waals surface area contributed by atoms with Crippen molar-refractivity contribution in [3.8, 4) is 0 Å². The molecule has 0 saturated carbocycles. The van der Waals surface area contributed by atoms with Gasteiger partial charge >= 0.3 is 0 Å². The molecule has 2 atom stereocenters. The lowest BCUT2D eigenvalue weighted by Crippen LogP contribution is -2.20. The highest BCUT2D eigenvalue weighted by molar-refractivity contribution is 7.99. The molecule has 0 saturated heterocycles. The van der Waals surface area contributed by atoms with Crippen molar-refractivity contribution in [2.24, 2.45) is 11.7 Å². The summed E-state index contributed by atoms with van der Waals surface area (Å²) >= 11 is 1.91. The number of aliphatic hydroxyl groups excluding tert-OH is 1. The van der Waals surface area contributed by atoms with E-state index in [2.05, 4.69) is 13.8 Å². The third kappa shape index (κ3) is 6.95. The number of hydrogen-bond donors (Lipinski definition) is 2. The Morgan fingerprint density at radius 3 is 2.67 bits per heavy atom. The van der Waals surface area contributed by atoms with Gasteiger partial charge in [0, 0.05) is 6.54 Å². The van der Waals surface area contributed by atoms with Gasteiger partial charge in [0.2, 0.25) is 0 Å². The van der Waals surface area contributed by atoms with Crippen LogP contribution in [0.4, 0.5) is 0 Å². The van der Waals surface area contributed by atoms with Gasteiger partial charge in [0.25, 0.3) is 0 Å². The molecule has 0 aromatic heterocycles. The molecule has 0 fully saturated rings. The zero-order chi connectivity index (χ0) is 9.40.